The number of halogens is 1. The molecule has 6 rings (SSSR count). The lowest BCUT2D eigenvalue weighted by Gasteiger charge is -2.51. The summed E-state index contributed by atoms with van der Waals surface area (Å²) in [5.74, 6) is 1.19. The molecule has 4 aromatic rings. The smallest absolute Gasteiger partial charge is 0.412 e. The summed E-state index contributed by atoms with van der Waals surface area (Å²) < 4.78 is 57.7. The van der Waals surface area contributed by atoms with E-state index in [1.807, 2.05) is 54.6 Å². The molecule has 62 heavy (non-hydrogen) atoms. The SMILES string of the molecule is COCCCN1CCOc2ccc(COC3C(c4ccc(OCCOCc5cccc(F)c5)cc4)CCN(C(=O)OCc4ccccc4)C3O[Si](C(C)C)(C(C)C)C(C)C)cc21. The molecule has 3 atom stereocenters. The molecule has 1 fully saturated rings. The third kappa shape index (κ3) is 12.0. The summed E-state index contributed by atoms with van der Waals surface area (Å²) in [6.45, 7) is 18.5. The van der Waals surface area contributed by atoms with E-state index >= 15 is 0 Å². The predicted octanol–water partition coefficient (Wildman–Crippen LogP) is 10.9. The second-order valence-corrected chi connectivity index (χ2v) is 22.7. The molecule has 0 radical (unpaired) electrons. The van der Waals surface area contributed by atoms with Crippen molar-refractivity contribution in [3.05, 3.63) is 125 Å². The summed E-state index contributed by atoms with van der Waals surface area (Å²) in [5.41, 5.74) is 5.64. The van der Waals surface area contributed by atoms with Crippen LogP contribution < -0.4 is 14.4 Å². The van der Waals surface area contributed by atoms with Gasteiger partial charge in [-0.05, 0) is 88.1 Å². The molecule has 10 nitrogen and oxygen atoms in total. The maximum absolute atomic E-state index is 14.3. The first-order valence-electron chi connectivity index (χ1n) is 22.3. The van der Waals surface area contributed by atoms with Gasteiger partial charge in [0.25, 0.3) is 0 Å². The van der Waals surface area contributed by atoms with Crippen LogP contribution >= 0.6 is 0 Å². The van der Waals surface area contributed by atoms with Crippen molar-refractivity contribution >= 4 is 20.1 Å². The first-order valence-corrected chi connectivity index (χ1v) is 24.5. The second kappa shape index (κ2) is 22.8. The monoisotopic (exact) mass is 870 g/mol. The molecule has 0 N–H and O–H groups in total. The Morgan fingerprint density at radius 3 is 2.23 bits per heavy atom. The van der Waals surface area contributed by atoms with Gasteiger partial charge >= 0.3 is 6.09 Å². The number of piperidine rings is 1. The molecule has 336 valence electrons. The van der Waals surface area contributed by atoms with Crippen molar-refractivity contribution in [1.82, 2.24) is 4.90 Å². The Hall–Kier alpha value is -4.46. The molecule has 12 heteroatoms. The third-order valence-electron chi connectivity index (χ3n) is 12.3. The minimum Gasteiger partial charge on any atom is -0.491 e. The van der Waals surface area contributed by atoms with Gasteiger partial charge in [-0.3, -0.25) is 4.90 Å². The zero-order valence-corrected chi connectivity index (χ0v) is 38.7. The number of hydrogen-bond donors (Lipinski definition) is 0. The molecular formula is C50H67FN2O8Si. The first-order chi connectivity index (χ1) is 30.0. The Kier molecular flexibility index (Phi) is 17.3. The number of carbonyl (C=O) groups is 1. The zero-order valence-electron chi connectivity index (χ0n) is 37.7. The molecule has 0 aliphatic carbocycles. The molecule has 0 saturated carbocycles. The van der Waals surface area contributed by atoms with Crippen LogP contribution in [0, 0.1) is 5.82 Å². The number of benzene rings is 4. The van der Waals surface area contributed by atoms with Gasteiger partial charge in [0.1, 0.15) is 43.2 Å². The van der Waals surface area contributed by atoms with Crippen LogP contribution in [0.5, 0.6) is 11.5 Å². The lowest BCUT2D eigenvalue weighted by molar-refractivity contribution is -0.134. The van der Waals surface area contributed by atoms with Crippen LogP contribution in [-0.2, 0) is 43.2 Å². The topological polar surface area (TPSA) is 88.2 Å². The van der Waals surface area contributed by atoms with E-state index in [0.717, 1.165) is 53.2 Å². The molecule has 3 unspecified atom stereocenters. The minimum absolute atomic E-state index is 0.105. The number of hydrogen-bond acceptors (Lipinski definition) is 9. The molecule has 4 aromatic carbocycles. The summed E-state index contributed by atoms with van der Waals surface area (Å²) in [4.78, 5) is 18.5. The summed E-state index contributed by atoms with van der Waals surface area (Å²) in [6.07, 6.45) is -0.0788. The molecule has 0 spiro atoms. The second-order valence-electron chi connectivity index (χ2n) is 17.3. The molecule has 1 amide bonds. The van der Waals surface area contributed by atoms with Gasteiger partial charge in [0.15, 0.2) is 6.23 Å². The molecule has 1 saturated heterocycles. The number of fused-ring (bicyclic) bond motifs is 1. The lowest BCUT2D eigenvalue weighted by Crippen LogP contribution is -2.62. The Morgan fingerprint density at radius 2 is 1.52 bits per heavy atom. The van der Waals surface area contributed by atoms with Crippen LogP contribution in [0.1, 0.15) is 82.6 Å². The van der Waals surface area contributed by atoms with Gasteiger partial charge in [-0.15, -0.1) is 0 Å². The van der Waals surface area contributed by atoms with Gasteiger partial charge in [-0.25, -0.2) is 9.18 Å². The molecular weight excluding hydrogens is 804 g/mol. The molecule has 0 bridgehead atoms. The number of carbonyl (C=O) groups excluding carboxylic acids is 1. The Labute approximate surface area is 369 Å². The maximum atomic E-state index is 14.3. The van der Waals surface area contributed by atoms with Crippen LogP contribution in [0.3, 0.4) is 0 Å². The Bertz CT molecular complexity index is 1960. The predicted molar refractivity (Wildman–Crippen MR) is 244 cm³/mol. The normalized spacial score (nSPS) is 18.0. The number of methoxy groups -OCH3 is 1. The van der Waals surface area contributed by atoms with E-state index in [4.69, 9.17) is 32.8 Å². The number of ether oxygens (including phenoxy) is 6. The highest BCUT2D eigenvalue weighted by Crippen LogP contribution is 2.46. The van der Waals surface area contributed by atoms with E-state index < -0.39 is 26.7 Å². The fourth-order valence-corrected chi connectivity index (χ4v) is 14.8. The highest BCUT2D eigenvalue weighted by atomic mass is 28.4. The Balaban J connectivity index is 1.28. The average molecular weight is 871 g/mol. The Morgan fingerprint density at radius 1 is 0.790 bits per heavy atom. The van der Waals surface area contributed by atoms with E-state index in [0.29, 0.717) is 58.4 Å². The third-order valence-corrected chi connectivity index (χ3v) is 18.4. The number of likely N-dealkylation sites (tertiary alicyclic amines) is 1. The van der Waals surface area contributed by atoms with Crippen molar-refractivity contribution in [3.63, 3.8) is 0 Å². The van der Waals surface area contributed by atoms with Crippen LogP contribution in [-0.4, -0.2) is 84.8 Å². The van der Waals surface area contributed by atoms with Crippen LogP contribution in [0.15, 0.2) is 97.1 Å². The number of anilines is 1. The lowest BCUT2D eigenvalue weighted by atomic mass is 9.86. The molecule has 2 heterocycles. The van der Waals surface area contributed by atoms with Crippen molar-refractivity contribution in [2.45, 2.75) is 109 Å². The standard InChI is InChI=1S/C50H67FN2O8Si/c1-36(2)62(37(3)4,38(5)6)61-49-48(59-35-41-17-22-47-46(32-41)52(26-28-58-47)24-12-27-55-7)45(23-25-53(49)50(54)60-34-39-13-9-8-10-14-39)42-18-20-44(21-19-42)57-30-29-56-33-40-15-11-16-43(51)31-40/h8-11,13-22,31-32,36-38,45,48-49H,12,23-30,33-35H2,1-7H3. The number of rotatable bonds is 21. The first kappa shape index (κ1) is 47.0. The quantitative estimate of drug-likeness (QED) is 0.0600. The zero-order chi connectivity index (χ0) is 44.1. The van der Waals surface area contributed by atoms with Crippen LogP contribution in [0.2, 0.25) is 16.6 Å². The van der Waals surface area contributed by atoms with Crippen LogP contribution in [0.4, 0.5) is 14.9 Å². The fraction of sp³-hybridized carbons (Fsp3) is 0.500. The van der Waals surface area contributed by atoms with Crippen LogP contribution in [0.25, 0.3) is 0 Å². The van der Waals surface area contributed by atoms with Gasteiger partial charge in [0.05, 0.1) is 32.1 Å². The van der Waals surface area contributed by atoms with E-state index in [9.17, 15) is 9.18 Å². The summed E-state index contributed by atoms with van der Waals surface area (Å²) in [7, 11) is -0.851. The van der Waals surface area contributed by atoms with Gasteiger partial charge in [0, 0.05) is 32.7 Å². The molecule has 2 aliphatic heterocycles. The van der Waals surface area contributed by atoms with Crippen molar-refractivity contribution in [1.29, 1.82) is 0 Å². The van der Waals surface area contributed by atoms with Crippen molar-refractivity contribution in [2.75, 3.05) is 58.1 Å². The molecule has 0 aromatic heterocycles. The summed E-state index contributed by atoms with van der Waals surface area (Å²) in [5, 5.41) is 0. The highest BCUT2D eigenvalue weighted by Gasteiger charge is 2.52. The largest absolute Gasteiger partial charge is 0.491 e. The molecule has 2 aliphatic rings. The van der Waals surface area contributed by atoms with Gasteiger partial charge in [-0.1, -0.05) is 102 Å². The van der Waals surface area contributed by atoms with E-state index in [2.05, 4.69) is 70.7 Å². The van der Waals surface area contributed by atoms with E-state index in [1.165, 1.54) is 12.1 Å². The van der Waals surface area contributed by atoms with Gasteiger partial charge in [0.2, 0.25) is 8.32 Å². The number of nitrogens with zero attached hydrogens (tertiary/aromatic N) is 2. The van der Waals surface area contributed by atoms with Crippen molar-refractivity contribution in [3.8, 4) is 11.5 Å². The van der Waals surface area contributed by atoms with Gasteiger partial charge in [-0.2, -0.15) is 0 Å². The van der Waals surface area contributed by atoms with E-state index in [1.54, 1.807) is 18.1 Å². The maximum Gasteiger partial charge on any atom is 0.412 e. The van der Waals surface area contributed by atoms with E-state index in [-0.39, 0.29) is 35.0 Å². The minimum atomic E-state index is -2.58. The fourth-order valence-electron chi connectivity index (χ4n) is 9.33. The average Bonchev–Trinajstić information content (AvgIpc) is 3.27. The summed E-state index contributed by atoms with van der Waals surface area (Å²) in [6, 6.07) is 30.6. The number of amides is 1. The summed E-state index contributed by atoms with van der Waals surface area (Å²) >= 11 is 0. The van der Waals surface area contributed by atoms with Gasteiger partial charge < -0.3 is 37.7 Å². The highest BCUT2D eigenvalue weighted by molar-refractivity contribution is 6.77. The van der Waals surface area contributed by atoms with Crippen molar-refractivity contribution in [2.24, 2.45) is 0 Å². The van der Waals surface area contributed by atoms with Crippen molar-refractivity contribution < 1.29 is 42.0 Å².